The minimum atomic E-state index is -3.74. The average Bonchev–Trinajstić information content (AvgIpc) is 2.84. The summed E-state index contributed by atoms with van der Waals surface area (Å²) in [6.45, 7) is 1.54. The zero-order valence-electron chi connectivity index (χ0n) is 17.5. The number of carbonyl (C=O) groups excluding carboxylic acids is 1. The Kier molecular flexibility index (Phi) is 6.94. The van der Waals surface area contributed by atoms with Crippen molar-refractivity contribution in [1.29, 1.82) is 0 Å². The number of ketones is 1. The van der Waals surface area contributed by atoms with Gasteiger partial charge in [-0.05, 0) is 35.4 Å². The first kappa shape index (κ1) is 22.1. The second-order valence-electron chi connectivity index (χ2n) is 7.41. The molecule has 0 spiro atoms. The lowest BCUT2D eigenvalue weighted by atomic mass is 10.0. The average molecular weight is 453 g/mol. The highest BCUT2D eigenvalue weighted by molar-refractivity contribution is 7.89. The second-order valence-corrected chi connectivity index (χ2v) is 9.35. The number of ether oxygens (including phenoxy) is 2. The van der Waals surface area contributed by atoms with E-state index in [-0.39, 0.29) is 42.4 Å². The summed E-state index contributed by atoms with van der Waals surface area (Å²) in [7, 11) is -3.74. The third kappa shape index (κ3) is 5.21. The van der Waals surface area contributed by atoms with Gasteiger partial charge in [0.2, 0.25) is 10.0 Å². The van der Waals surface area contributed by atoms with Crippen LogP contribution in [0.25, 0.3) is 0 Å². The first-order chi connectivity index (χ1) is 15.5. The molecule has 166 valence electrons. The number of hydrogen-bond donors (Lipinski definition) is 0. The molecular formula is C24H24N2O5S. The molecule has 0 radical (unpaired) electrons. The molecule has 2 heterocycles. The fourth-order valence-electron chi connectivity index (χ4n) is 3.47. The zero-order chi connectivity index (χ0) is 22.4. The maximum Gasteiger partial charge on any atom is 0.243 e. The van der Waals surface area contributed by atoms with Crippen LogP contribution in [-0.2, 0) is 27.8 Å². The molecule has 7 nitrogen and oxygen atoms in total. The molecule has 1 fully saturated rings. The summed E-state index contributed by atoms with van der Waals surface area (Å²) in [5.74, 6) is 0.115. The van der Waals surface area contributed by atoms with E-state index in [0.29, 0.717) is 19.0 Å². The fraction of sp³-hybridized carbons (Fsp3) is 0.250. The van der Waals surface area contributed by atoms with Gasteiger partial charge in [0.05, 0.1) is 23.7 Å². The Labute approximate surface area is 187 Å². The summed E-state index contributed by atoms with van der Waals surface area (Å²) in [4.78, 5) is 17.3. The zero-order valence-corrected chi connectivity index (χ0v) is 18.3. The molecule has 0 N–H and O–H groups in total. The lowest BCUT2D eigenvalue weighted by molar-refractivity contribution is 0.0730. The monoisotopic (exact) mass is 452 g/mol. The van der Waals surface area contributed by atoms with Crippen LogP contribution < -0.4 is 4.74 Å². The van der Waals surface area contributed by atoms with Gasteiger partial charge in [0.15, 0.2) is 5.78 Å². The molecule has 32 heavy (non-hydrogen) atoms. The molecule has 4 rings (SSSR count). The third-order valence-electron chi connectivity index (χ3n) is 5.18. The number of rotatable bonds is 8. The predicted molar refractivity (Wildman–Crippen MR) is 119 cm³/mol. The van der Waals surface area contributed by atoms with Crippen LogP contribution in [0.2, 0.25) is 0 Å². The summed E-state index contributed by atoms with van der Waals surface area (Å²) in [6.07, 6.45) is 3.35. The molecule has 2 aromatic carbocycles. The Bertz CT molecular complexity index is 1160. The fourth-order valence-corrected chi connectivity index (χ4v) is 4.90. The van der Waals surface area contributed by atoms with Crippen LogP contribution in [0.5, 0.6) is 5.75 Å². The number of sulfonamides is 1. The van der Waals surface area contributed by atoms with Crippen molar-refractivity contribution in [3.05, 3.63) is 89.7 Å². The molecule has 3 aromatic rings. The molecule has 0 amide bonds. The molecule has 8 heteroatoms. The first-order valence-electron chi connectivity index (χ1n) is 10.3. The van der Waals surface area contributed by atoms with Gasteiger partial charge in [-0.1, -0.05) is 36.4 Å². The van der Waals surface area contributed by atoms with Crippen LogP contribution in [0.3, 0.4) is 0 Å². The Morgan fingerprint density at radius 1 is 1.00 bits per heavy atom. The van der Waals surface area contributed by atoms with Crippen molar-refractivity contribution in [2.75, 3.05) is 26.3 Å². The molecule has 1 aliphatic rings. The number of morpholine rings is 1. The van der Waals surface area contributed by atoms with Gasteiger partial charge in [-0.2, -0.15) is 4.31 Å². The van der Waals surface area contributed by atoms with Gasteiger partial charge in [0, 0.05) is 31.9 Å². The first-order valence-corrected chi connectivity index (χ1v) is 11.8. The van der Waals surface area contributed by atoms with E-state index in [1.165, 1.54) is 16.4 Å². The number of nitrogens with zero attached hydrogens (tertiary/aromatic N) is 2. The van der Waals surface area contributed by atoms with Crippen molar-refractivity contribution in [3.63, 3.8) is 0 Å². The van der Waals surface area contributed by atoms with Crippen LogP contribution in [0.15, 0.2) is 78.0 Å². The Balaban J connectivity index is 1.65. The smallest absolute Gasteiger partial charge is 0.243 e. The van der Waals surface area contributed by atoms with Gasteiger partial charge in [0.1, 0.15) is 12.4 Å². The van der Waals surface area contributed by atoms with Gasteiger partial charge in [0.25, 0.3) is 0 Å². The highest BCUT2D eigenvalue weighted by Gasteiger charge is 2.28. The molecule has 0 unspecified atom stereocenters. The summed E-state index contributed by atoms with van der Waals surface area (Å²) < 4.78 is 38.8. The molecule has 1 aliphatic heterocycles. The Morgan fingerprint density at radius 2 is 1.75 bits per heavy atom. The Hall–Kier alpha value is -3.07. The molecule has 0 atom stereocenters. The van der Waals surface area contributed by atoms with Gasteiger partial charge < -0.3 is 9.47 Å². The number of aromatic nitrogens is 1. The predicted octanol–water partition coefficient (Wildman–Crippen LogP) is 3.11. The lowest BCUT2D eigenvalue weighted by Gasteiger charge is -2.26. The van der Waals surface area contributed by atoms with E-state index >= 15 is 0 Å². The summed E-state index contributed by atoms with van der Waals surface area (Å²) in [5, 5.41) is 0. The van der Waals surface area contributed by atoms with E-state index < -0.39 is 10.0 Å². The number of Topliss-reactive ketones (excluding diaryl/α,β-unsaturated/α-hetero) is 1. The minimum absolute atomic E-state index is 0.0704. The van der Waals surface area contributed by atoms with E-state index in [4.69, 9.17) is 9.47 Å². The molecule has 1 aromatic heterocycles. The Morgan fingerprint density at radius 3 is 2.47 bits per heavy atom. The maximum absolute atomic E-state index is 13.2. The highest BCUT2D eigenvalue weighted by Crippen LogP contribution is 2.27. The van der Waals surface area contributed by atoms with E-state index in [1.807, 2.05) is 36.4 Å². The van der Waals surface area contributed by atoms with Crippen LogP contribution in [0, 0.1) is 0 Å². The molecule has 0 aliphatic carbocycles. The normalized spacial score (nSPS) is 14.8. The maximum atomic E-state index is 13.2. The van der Waals surface area contributed by atoms with Gasteiger partial charge in [-0.3, -0.25) is 9.78 Å². The summed E-state index contributed by atoms with van der Waals surface area (Å²) in [6, 6.07) is 17.6. The number of hydrogen-bond acceptors (Lipinski definition) is 6. The van der Waals surface area contributed by atoms with Crippen molar-refractivity contribution < 1.29 is 22.7 Å². The summed E-state index contributed by atoms with van der Waals surface area (Å²) >= 11 is 0. The number of benzene rings is 2. The van der Waals surface area contributed by atoms with Crippen LogP contribution in [0.4, 0.5) is 0 Å². The SMILES string of the molecule is O=C(Cc1cccnc1)c1cc(S(=O)(=O)N2CCOCC2)ccc1OCc1ccccc1. The van der Waals surface area contributed by atoms with Gasteiger partial charge in [-0.25, -0.2) is 8.42 Å². The quantitative estimate of drug-likeness (QED) is 0.488. The molecule has 0 saturated carbocycles. The standard InChI is InChI=1S/C24H24N2O5S/c27-23(15-20-7-4-10-25-17-20)22-16-21(32(28,29)26-11-13-30-14-12-26)8-9-24(22)31-18-19-5-2-1-3-6-19/h1-10,16-17H,11-15,18H2. The summed E-state index contributed by atoms with van der Waals surface area (Å²) in [5.41, 5.74) is 1.93. The van der Waals surface area contributed by atoms with Crippen molar-refractivity contribution in [2.24, 2.45) is 0 Å². The van der Waals surface area contributed by atoms with E-state index in [9.17, 15) is 13.2 Å². The topological polar surface area (TPSA) is 85.8 Å². The van der Waals surface area contributed by atoms with Crippen LogP contribution >= 0.6 is 0 Å². The number of pyridine rings is 1. The van der Waals surface area contributed by atoms with Crippen LogP contribution in [-0.4, -0.2) is 49.8 Å². The largest absolute Gasteiger partial charge is 0.488 e. The molecule has 0 bridgehead atoms. The minimum Gasteiger partial charge on any atom is -0.488 e. The van der Waals surface area contributed by atoms with Crippen molar-refractivity contribution in [2.45, 2.75) is 17.9 Å². The van der Waals surface area contributed by atoms with Gasteiger partial charge >= 0.3 is 0 Å². The van der Waals surface area contributed by atoms with E-state index in [0.717, 1.165) is 11.1 Å². The van der Waals surface area contributed by atoms with Crippen molar-refractivity contribution in [1.82, 2.24) is 9.29 Å². The van der Waals surface area contributed by atoms with Gasteiger partial charge in [-0.15, -0.1) is 0 Å². The molecule has 1 saturated heterocycles. The van der Waals surface area contributed by atoms with Crippen molar-refractivity contribution >= 4 is 15.8 Å². The third-order valence-corrected chi connectivity index (χ3v) is 7.08. The van der Waals surface area contributed by atoms with E-state index in [1.54, 1.807) is 24.5 Å². The van der Waals surface area contributed by atoms with Crippen LogP contribution in [0.1, 0.15) is 21.5 Å². The highest BCUT2D eigenvalue weighted by atomic mass is 32.2. The second kappa shape index (κ2) is 10.0. The van der Waals surface area contributed by atoms with Crippen molar-refractivity contribution in [3.8, 4) is 5.75 Å². The lowest BCUT2D eigenvalue weighted by Crippen LogP contribution is -2.40. The number of carbonyl (C=O) groups is 1. The van der Waals surface area contributed by atoms with E-state index in [2.05, 4.69) is 4.98 Å². The molecular weight excluding hydrogens is 428 g/mol.